The zero-order valence-electron chi connectivity index (χ0n) is 14.2. The van der Waals surface area contributed by atoms with Gasteiger partial charge in [-0.2, -0.15) is 0 Å². The van der Waals surface area contributed by atoms with Gasteiger partial charge in [0.05, 0.1) is 11.4 Å². The van der Waals surface area contributed by atoms with E-state index >= 15 is 0 Å². The fourth-order valence-corrected chi connectivity index (χ4v) is 5.68. The molecule has 1 nitrogen and oxygen atoms in total. The Bertz CT molecular complexity index is 993. The third-order valence-electron chi connectivity index (χ3n) is 5.29. The van der Waals surface area contributed by atoms with Crippen LogP contribution in [0.4, 0.5) is 5.69 Å². The largest absolute Gasteiger partial charge is 0.251 e. The SMILES string of the molecule is Brc1ccc([C@@H]2Sc3ccccc3N=C3c4ccccc4CC[C@H]32)cc1. The van der Waals surface area contributed by atoms with Crippen LogP contribution in [0.3, 0.4) is 0 Å². The summed E-state index contributed by atoms with van der Waals surface area (Å²) >= 11 is 5.54. The maximum atomic E-state index is 5.18. The van der Waals surface area contributed by atoms with Gasteiger partial charge in [0, 0.05) is 20.5 Å². The van der Waals surface area contributed by atoms with Gasteiger partial charge >= 0.3 is 0 Å². The molecule has 2 aliphatic rings. The average molecular weight is 420 g/mol. The Hall–Kier alpha value is -1.84. The summed E-state index contributed by atoms with van der Waals surface area (Å²) in [4.78, 5) is 6.46. The maximum absolute atomic E-state index is 5.18. The predicted octanol–water partition coefficient (Wildman–Crippen LogP) is 6.98. The summed E-state index contributed by atoms with van der Waals surface area (Å²) in [6.45, 7) is 0. The Labute approximate surface area is 166 Å². The summed E-state index contributed by atoms with van der Waals surface area (Å²) < 4.78 is 1.13. The van der Waals surface area contributed by atoms with Crippen molar-refractivity contribution >= 4 is 39.1 Å². The van der Waals surface area contributed by atoms with Gasteiger partial charge in [-0.3, -0.25) is 4.99 Å². The number of thioether (sulfide) groups is 1. The molecular formula is C23H18BrNS. The van der Waals surface area contributed by atoms with E-state index in [0.717, 1.165) is 23.0 Å². The van der Waals surface area contributed by atoms with Crippen LogP contribution < -0.4 is 0 Å². The van der Waals surface area contributed by atoms with Crippen molar-refractivity contribution in [2.75, 3.05) is 0 Å². The number of aliphatic imine (C=N–C) groups is 1. The number of hydrogen-bond donors (Lipinski definition) is 0. The molecule has 0 saturated heterocycles. The number of fused-ring (bicyclic) bond motifs is 4. The van der Waals surface area contributed by atoms with Crippen LogP contribution in [0.5, 0.6) is 0 Å². The van der Waals surface area contributed by atoms with Crippen molar-refractivity contribution in [3.63, 3.8) is 0 Å². The second-order valence-corrected chi connectivity index (χ2v) is 8.96. The van der Waals surface area contributed by atoms with Gasteiger partial charge in [-0.05, 0) is 53.8 Å². The number of halogens is 1. The van der Waals surface area contributed by atoms with E-state index in [4.69, 9.17) is 4.99 Å². The molecule has 128 valence electrons. The first-order chi connectivity index (χ1) is 12.8. The van der Waals surface area contributed by atoms with E-state index < -0.39 is 0 Å². The molecule has 0 saturated carbocycles. The first kappa shape index (κ1) is 16.3. The lowest BCUT2D eigenvalue weighted by Gasteiger charge is -2.31. The fourth-order valence-electron chi connectivity index (χ4n) is 4.02. The zero-order chi connectivity index (χ0) is 17.5. The van der Waals surface area contributed by atoms with Crippen molar-refractivity contribution < 1.29 is 0 Å². The number of benzene rings is 3. The quantitative estimate of drug-likeness (QED) is 0.414. The summed E-state index contributed by atoms with van der Waals surface area (Å²) in [5, 5.41) is 0.388. The van der Waals surface area contributed by atoms with E-state index in [2.05, 4.69) is 88.7 Å². The minimum Gasteiger partial charge on any atom is -0.251 e. The predicted molar refractivity (Wildman–Crippen MR) is 114 cm³/mol. The van der Waals surface area contributed by atoms with E-state index in [9.17, 15) is 0 Å². The zero-order valence-corrected chi connectivity index (χ0v) is 16.6. The van der Waals surface area contributed by atoms with Crippen molar-refractivity contribution in [2.45, 2.75) is 23.0 Å². The molecule has 0 unspecified atom stereocenters. The Morgan fingerprint density at radius 3 is 2.54 bits per heavy atom. The van der Waals surface area contributed by atoms with Crippen LogP contribution in [0.1, 0.15) is 28.4 Å². The summed E-state index contributed by atoms with van der Waals surface area (Å²) in [5.74, 6) is 0.434. The second-order valence-electron chi connectivity index (χ2n) is 6.86. The van der Waals surface area contributed by atoms with E-state index in [0.29, 0.717) is 11.2 Å². The molecule has 1 heterocycles. The van der Waals surface area contributed by atoms with Crippen LogP contribution in [-0.2, 0) is 6.42 Å². The highest BCUT2D eigenvalue weighted by Crippen LogP contribution is 2.51. The van der Waals surface area contributed by atoms with E-state index in [-0.39, 0.29) is 0 Å². The van der Waals surface area contributed by atoms with E-state index in [1.807, 2.05) is 11.8 Å². The number of nitrogens with zero attached hydrogens (tertiary/aromatic N) is 1. The van der Waals surface area contributed by atoms with Gasteiger partial charge in [0.1, 0.15) is 0 Å². The van der Waals surface area contributed by atoms with Crippen molar-refractivity contribution in [1.29, 1.82) is 0 Å². The molecule has 0 radical (unpaired) electrons. The first-order valence-corrected chi connectivity index (χ1v) is 10.6. The van der Waals surface area contributed by atoms with Crippen LogP contribution in [0, 0.1) is 5.92 Å². The van der Waals surface area contributed by atoms with Gasteiger partial charge in [0.15, 0.2) is 0 Å². The second kappa shape index (κ2) is 6.71. The van der Waals surface area contributed by atoms with Gasteiger partial charge in [-0.1, -0.05) is 64.5 Å². The summed E-state index contributed by atoms with van der Waals surface area (Å²) in [6, 6.07) is 26.2. The molecule has 1 aliphatic carbocycles. The van der Waals surface area contributed by atoms with Crippen molar-refractivity contribution in [3.8, 4) is 0 Å². The van der Waals surface area contributed by atoms with Crippen molar-refractivity contribution in [3.05, 3.63) is 94.0 Å². The third kappa shape index (κ3) is 2.83. The molecule has 2 atom stereocenters. The normalized spacial score (nSPS) is 21.0. The molecule has 0 spiro atoms. The highest BCUT2D eigenvalue weighted by atomic mass is 79.9. The lowest BCUT2D eigenvalue weighted by atomic mass is 9.78. The third-order valence-corrected chi connectivity index (χ3v) is 7.28. The smallest absolute Gasteiger partial charge is 0.0769 e. The monoisotopic (exact) mass is 419 g/mol. The molecule has 26 heavy (non-hydrogen) atoms. The molecule has 0 aromatic heterocycles. The van der Waals surface area contributed by atoms with E-state index in [1.54, 1.807) is 0 Å². The van der Waals surface area contributed by atoms with Crippen LogP contribution in [0.25, 0.3) is 0 Å². The molecule has 5 rings (SSSR count). The topological polar surface area (TPSA) is 12.4 Å². The molecule has 1 aliphatic heterocycles. The summed E-state index contributed by atoms with van der Waals surface area (Å²) in [5.41, 5.74) is 6.52. The lowest BCUT2D eigenvalue weighted by Crippen LogP contribution is -2.27. The Morgan fingerprint density at radius 2 is 1.65 bits per heavy atom. The average Bonchev–Trinajstić information content (AvgIpc) is 2.85. The summed E-state index contributed by atoms with van der Waals surface area (Å²) in [7, 11) is 0. The Kier molecular flexibility index (Phi) is 4.22. The Balaban J connectivity index is 1.70. The lowest BCUT2D eigenvalue weighted by molar-refractivity contribution is 0.597. The minimum atomic E-state index is 0.388. The van der Waals surface area contributed by atoms with Crippen LogP contribution >= 0.6 is 27.7 Å². The van der Waals surface area contributed by atoms with Gasteiger partial charge in [0.25, 0.3) is 0 Å². The number of hydrogen-bond acceptors (Lipinski definition) is 2. The Morgan fingerprint density at radius 1 is 0.885 bits per heavy atom. The van der Waals surface area contributed by atoms with Crippen molar-refractivity contribution in [2.24, 2.45) is 10.9 Å². The summed E-state index contributed by atoms with van der Waals surface area (Å²) in [6.07, 6.45) is 2.28. The van der Waals surface area contributed by atoms with Crippen molar-refractivity contribution in [1.82, 2.24) is 0 Å². The highest BCUT2D eigenvalue weighted by molar-refractivity contribution is 9.10. The molecule has 0 amide bonds. The highest BCUT2D eigenvalue weighted by Gasteiger charge is 2.35. The molecular weight excluding hydrogens is 402 g/mol. The maximum Gasteiger partial charge on any atom is 0.0769 e. The van der Waals surface area contributed by atoms with Gasteiger partial charge in [-0.15, -0.1) is 11.8 Å². The molecule has 0 N–H and O–H groups in total. The van der Waals surface area contributed by atoms with Gasteiger partial charge in [-0.25, -0.2) is 0 Å². The minimum absolute atomic E-state index is 0.388. The number of aryl methyl sites for hydroxylation is 1. The number of rotatable bonds is 1. The molecule has 0 bridgehead atoms. The molecule has 3 aromatic carbocycles. The van der Waals surface area contributed by atoms with Crippen LogP contribution in [0.15, 0.2) is 87.2 Å². The number of para-hydroxylation sites is 1. The van der Waals surface area contributed by atoms with Crippen LogP contribution in [0.2, 0.25) is 0 Å². The van der Waals surface area contributed by atoms with E-state index in [1.165, 1.54) is 27.3 Å². The fraction of sp³-hybridized carbons (Fsp3) is 0.174. The van der Waals surface area contributed by atoms with Crippen LogP contribution in [-0.4, -0.2) is 5.71 Å². The molecule has 3 aromatic rings. The van der Waals surface area contributed by atoms with Gasteiger partial charge < -0.3 is 0 Å². The van der Waals surface area contributed by atoms with Gasteiger partial charge in [0.2, 0.25) is 0 Å². The molecule has 0 fully saturated rings. The first-order valence-electron chi connectivity index (χ1n) is 8.97. The molecule has 3 heteroatoms. The standard InChI is InChI=1S/C23H18BrNS/c24-17-12-9-16(10-13-17)23-19-14-11-15-5-1-2-6-18(15)22(19)25-20-7-3-4-8-21(20)26-23/h1-10,12-13,19,23H,11,14H2/t19-,23+/m1/s1.